The van der Waals surface area contributed by atoms with Crippen LogP contribution in [0.4, 0.5) is 5.69 Å². The summed E-state index contributed by atoms with van der Waals surface area (Å²) in [5.74, 6) is 0.831. The van der Waals surface area contributed by atoms with Gasteiger partial charge < -0.3 is 20.6 Å². The normalized spacial score (nSPS) is 22.6. The van der Waals surface area contributed by atoms with Gasteiger partial charge in [-0.1, -0.05) is 6.07 Å². The Morgan fingerprint density at radius 3 is 3.15 bits per heavy atom. The molecule has 2 atom stereocenters. The molecule has 8 heteroatoms. The fourth-order valence-electron chi connectivity index (χ4n) is 2.20. The third kappa shape index (κ3) is 1.79. The SMILES string of the molecule is CSC1Nn2cc(C3Nc4c(O)cccc4O3)nc2S1. The van der Waals surface area contributed by atoms with E-state index in [2.05, 4.69) is 22.0 Å². The fraction of sp³-hybridized carbons (Fsp3) is 0.250. The van der Waals surface area contributed by atoms with Gasteiger partial charge in [0.05, 0.1) is 6.20 Å². The second kappa shape index (κ2) is 4.42. The summed E-state index contributed by atoms with van der Waals surface area (Å²) in [5, 5.41) is 13.9. The van der Waals surface area contributed by atoms with Gasteiger partial charge in [-0.05, 0) is 30.2 Å². The lowest BCUT2D eigenvalue weighted by atomic mass is 10.3. The molecule has 2 aromatic rings. The van der Waals surface area contributed by atoms with E-state index in [1.165, 1.54) is 0 Å². The van der Waals surface area contributed by atoms with E-state index in [-0.39, 0.29) is 12.0 Å². The first-order chi connectivity index (χ1) is 9.74. The number of rotatable bonds is 2. The van der Waals surface area contributed by atoms with Crippen molar-refractivity contribution >= 4 is 29.2 Å². The topological polar surface area (TPSA) is 71.3 Å². The van der Waals surface area contributed by atoms with E-state index in [1.807, 2.05) is 16.9 Å². The van der Waals surface area contributed by atoms with E-state index in [9.17, 15) is 5.11 Å². The highest BCUT2D eigenvalue weighted by Gasteiger charge is 2.31. The van der Waals surface area contributed by atoms with Crippen molar-refractivity contribution < 1.29 is 9.84 Å². The number of nitrogens with one attached hydrogen (secondary N) is 2. The van der Waals surface area contributed by atoms with Crippen LogP contribution in [-0.4, -0.2) is 25.7 Å². The van der Waals surface area contributed by atoms with Gasteiger partial charge in [0.25, 0.3) is 0 Å². The number of para-hydroxylation sites is 1. The molecule has 0 saturated carbocycles. The van der Waals surface area contributed by atoms with E-state index in [4.69, 9.17) is 4.74 Å². The standard InChI is InChI=1S/C12H12N4O2S2/c1-19-12-15-16-5-6(13-11(16)20-12)10-14-9-7(17)3-2-4-8(9)18-10/h2-5,10,12,14-15,17H,1H3. The van der Waals surface area contributed by atoms with Crippen LogP contribution < -0.4 is 15.5 Å². The number of hydrogen-bond donors (Lipinski definition) is 3. The minimum absolute atomic E-state index is 0.187. The van der Waals surface area contributed by atoms with Crippen LogP contribution >= 0.6 is 23.5 Å². The zero-order valence-corrected chi connectivity index (χ0v) is 12.2. The van der Waals surface area contributed by atoms with Crippen molar-refractivity contribution in [2.45, 2.75) is 16.1 Å². The number of phenols is 1. The summed E-state index contributed by atoms with van der Waals surface area (Å²) in [4.78, 5) is 4.56. The molecule has 0 saturated heterocycles. The predicted octanol–water partition coefficient (Wildman–Crippen LogP) is 2.39. The van der Waals surface area contributed by atoms with Gasteiger partial charge in [0.1, 0.15) is 27.6 Å². The second-order valence-electron chi connectivity index (χ2n) is 4.43. The maximum Gasteiger partial charge on any atom is 0.215 e. The molecule has 4 rings (SSSR count). The van der Waals surface area contributed by atoms with Crippen molar-refractivity contribution in [3.05, 3.63) is 30.1 Å². The first-order valence-corrected chi connectivity index (χ1v) is 8.22. The first kappa shape index (κ1) is 12.1. The van der Waals surface area contributed by atoms with Crippen LogP contribution in [0.3, 0.4) is 0 Å². The smallest absolute Gasteiger partial charge is 0.215 e. The molecular weight excluding hydrogens is 296 g/mol. The number of imidazole rings is 1. The summed E-state index contributed by atoms with van der Waals surface area (Å²) in [6, 6.07) is 5.21. The molecule has 3 heterocycles. The van der Waals surface area contributed by atoms with Gasteiger partial charge in [-0.3, -0.25) is 0 Å². The number of nitrogens with zero attached hydrogens (tertiary/aromatic N) is 2. The van der Waals surface area contributed by atoms with Gasteiger partial charge in [-0.15, -0.1) is 11.8 Å². The Bertz CT molecular complexity index is 652. The molecule has 0 aliphatic carbocycles. The molecule has 1 aromatic heterocycles. The molecular formula is C12H12N4O2S2. The van der Waals surface area contributed by atoms with Gasteiger partial charge in [0, 0.05) is 0 Å². The molecule has 104 valence electrons. The number of aromatic hydroxyl groups is 1. The summed E-state index contributed by atoms with van der Waals surface area (Å²) < 4.78 is 7.98. The van der Waals surface area contributed by atoms with E-state index in [1.54, 1.807) is 35.7 Å². The quantitative estimate of drug-likeness (QED) is 0.736. The summed E-state index contributed by atoms with van der Waals surface area (Å²) in [6.07, 6.45) is 3.60. The van der Waals surface area contributed by atoms with Gasteiger partial charge in [-0.2, -0.15) is 0 Å². The molecule has 0 amide bonds. The molecule has 2 unspecified atom stereocenters. The lowest BCUT2D eigenvalue weighted by Gasteiger charge is -2.09. The van der Waals surface area contributed by atoms with E-state index in [0.717, 1.165) is 10.9 Å². The number of hydrogen-bond acceptors (Lipinski definition) is 7. The molecule has 0 fully saturated rings. The van der Waals surface area contributed by atoms with Gasteiger partial charge in [-0.25, -0.2) is 9.66 Å². The van der Waals surface area contributed by atoms with Gasteiger partial charge in [0.2, 0.25) is 6.23 Å². The predicted molar refractivity (Wildman–Crippen MR) is 79.8 cm³/mol. The molecule has 20 heavy (non-hydrogen) atoms. The molecule has 0 radical (unpaired) electrons. The average Bonchev–Trinajstić information content (AvgIpc) is 3.09. The molecule has 3 N–H and O–H groups in total. The molecule has 0 spiro atoms. The number of phenolic OH excluding ortho intramolecular Hbond substituents is 1. The van der Waals surface area contributed by atoms with E-state index < -0.39 is 0 Å². The number of thioether (sulfide) groups is 2. The summed E-state index contributed by atoms with van der Waals surface area (Å²) in [5.41, 5.74) is 4.71. The fourth-order valence-corrected chi connectivity index (χ4v) is 3.80. The highest BCUT2D eigenvalue weighted by molar-refractivity contribution is 8.16. The second-order valence-corrected chi connectivity index (χ2v) is 6.74. The molecule has 6 nitrogen and oxygen atoms in total. The minimum atomic E-state index is -0.369. The summed E-state index contributed by atoms with van der Waals surface area (Å²) in [7, 11) is 0. The number of aromatic nitrogens is 2. The van der Waals surface area contributed by atoms with Gasteiger partial charge in [0.15, 0.2) is 5.16 Å². The average molecular weight is 308 g/mol. The Kier molecular flexibility index (Phi) is 2.67. The maximum absolute atomic E-state index is 9.79. The van der Waals surface area contributed by atoms with Crippen molar-refractivity contribution in [3.8, 4) is 11.5 Å². The van der Waals surface area contributed by atoms with Crippen LogP contribution in [0.1, 0.15) is 11.9 Å². The zero-order valence-electron chi connectivity index (χ0n) is 10.5. The Morgan fingerprint density at radius 2 is 2.40 bits per heavy atom. The molecule has 1 aromatic carbocycles. The summed E-state index contributed by atoms with van der Waals surface area (Å²) >= 11 is 3.41. The Morgan fingerprint density at radius 1 is 1.50 bits per heavy atom. The highest BCUT2D eigenvalue weighted by atomic mass is 32.2. The van der Waals surface area contributed by atoms with Crippen molar-refractivity contribution in [3.63, 3.8) is 0 Å². The summed E-state index contributed by atoms with van der Waals surface area (Å²) in [6.45, 7) is 0. The Labute approximate surface area is 123 Å². The first-order valence-electron chi connectivity index (χ1n) is 6.05. The number of anilines is 1. The van der Waals surface area contributed by atoms with Crippen molar-refractivity contribution in [1.29, 1.82) is 0 Å². The van der Waals surface area contributed by atoms with Crippen molar-refractivity contribution in [2.75, 3.05) is 17.0 Å². The molecule has 0 bridgehead atoms. The molecule has 2 aliphatic rings. The Hall–Kier alpha value is -1.67. The van der Waals surface area contributed by atoms with Crippen molar-refractivity contribution in [2.24, 2.45) is 0 Å². The minimum Gasteiger partial charge on any atom is -0.506 e. The number of ether oxygens (including phenoxy) is 1. The number of fused-ring (bicyclic) bond motifs is 2. The lowest BCUT2D eigenvalue weighted by molar-refractivity contribution is 0.254. The third-order valence-electron chi connectivity index (χ3n) is 3.16. The Balaban J connectivity index is 1.59. The van der Waals surface area contributed by atoms with Crippen LogP contribution in [0.5, 0.6) is 11.5 Å². The van der Waals surface area contributed by atoms with Crippen LogP contribution in [0.25, 0.3) is 0 Å². The maximum atomic E-state index is 9.79. The van der Waals surface area contributed by atoms with E-state index >= 15 is 0 Å². The third-order valence-corrected chi connectivity index (χ3v) is 5.37. The van der Waals surface area contributed by atoms with Crippen LogP contribution in [0.15, 0.2) is 29.6 Å². The monoisotopic (exact) mass is 308 g/mol. The highest BCUT2D eigenvalue weighted by Crippen LogP contribution is 2.43. The lowest BCUT2D eigenvalue weighted by Crippen LogP contribution is -2.15. The van der Waals surface area contributed by atoms with Gasteiger partial charge >= 0.3 is 0 Å². The number of benzene rings is 1. The molecule has 2 aliphatic heterocycles. The zero-order chi connectivity index (χ0) is 13.7. The van der Waals surface area contributed by atoms with Crippen LogP contribution in [-0.2, 0) is 0 Å². The van der Waals surface area contributed by atoms with Crippen LogP contribution in [0, 0.1) is 0 Å². The van der Waals surface area contributed by atoms with E-state index in [0.29, 0.717) is 16.1 Å². The van der Waals surface area contributed by atoms with Crippen LogP contribution in [0.2, 0.25) is 0 Å². The van der Waals surface area contributed by atoms with Crippen molar-refractivity contribution in [1.82, 2.24) is 9.66 Å². The largest absolute Gasteiger partial charge is 0.506 e.